The molecule has 5 nitrogen and oxygen atoms in total. The van der Waals surface area contributed by atoms with Crippen molar-refractivity contribution in [3.8, 4) is 0 Å². The Labute approximate surface area is 160 Å². The highest BCUT2D eigenvalue weighted by Gasteiger charge is 2.09. The molecule has 0 atom stereocenters. The lowest BCUT2D eigenvalue weighted by molar-refractivity contribution is 0.102. The van der Waals surface area contributed by atoms with Crippen LogP contribution in [0.2, 0.25) is 5.02 Å². The second-order valence-corrected chi connectivity index (χ2v) is 6.07. The smallest absolute Gasteiger partial charge is 0.322 e. The van der Waals surface area contributed by atoms with Crippen molar-refractivity contribution in [2.75, 3.05) is 16.0 Å². The number of carbonyl (C=O) groups excluding carboxylic acids is 2. The van der Waals surface area contributed by atoms with E-state index in [0.717, 1.165) is 0 Å². The molecule has 27 heavy (non-hydrogen) atoms. The molecule has 3 N–H and O–H groups in total. The van der Waals surface area contributed by atoms with E-state index in [1.165, 1.54) is 30.3 Å². The number of halogens is 2. The Morgan fingerprint density at radius 3 is 2.04 bits per heavy atom. The summed E-state index contributed by atoms with van der Waals surface area (Å²) in [6.45, 7) is 0. The lowest BCUT2D eigenvalue weighted by Gasteiger charge is -2.10. The summed E-state index contributed by atoms with van der Waals surface area (Å²) in [7, 11) is 0. The van der Waals surface area contributed by atoms with Crippen LogP contribution in [-0.4, -0.2) is 11.9 Å². The van der Waals surface area contributed by atoms with Gasteiger partial charge in [0.1, 0.15) is 5.82 Å². The van der Waals surface area contributed by atoms with Gasteiger partial charge >= 0.3 is 6.03 Å². The second kappa shape index (κ2) is 8.33. The van der Waals surface area contributed by atoms with E-state index in [1.54, 1.807) is 42.5 Å². The highest BCUT2D eigenvalue weighted by atomic mass is 35.5. The minimum Gasteiger partial charge on any atom is -0.322 e. The predicted octanol–water partition coefficient (Wildman–Crippen LogP) is 5.38. The molecule has 3 rings (SSSR count). The summed E-state index contributed by atoms with van der Waals surface area (Å²) < 4.78 is 12.9. The molecule has 0 aromatic heterocycles. The number of hydrogen-bond donors (Lipinski definition) is 3. The summed E-state index contributed by atoms with van der Waals surface area (Å²) >= 11 is 5.88. The van der Waals surface area contributed by atoms with Crippen molar-refractivity contribution in [1.82, 2.24) is 0 Å². The molecule has 0 bridgehead atoms. The number of amides is 3. The van der Waals surface area contributed by atoms with Crippen LogP contribution in [0.15, 0.2) is 72.8 Å². The molecule has 3 aromatic rings. The first-order valence-corrected chi connectivity index (χ1v) is 8.38. The van der Waals surface area contributed by atoms with Crippen molar-refractivity contribution >= 4 is 40.6 Å². The lowest BCUT2D eigenvalue weighted by atomic mass is 10.2. The largest absolute Gasteiger partial charge is 0.323 e. The molecule has 7 heteroatoms. The van der Waals surface area contributed by atoms with E-state index in [-0.39, 0.29) is 11.7 Å². The van der Waals surface area contributed by atoms with Gasteiger partial charge in [-0.2, -0.15) is 0 Å². The maximum Gasteiger partial charge on any atom is 0.323 e. The minimum absolute atomic E-state index is 0.347. The van der Waals surface area contributed by atoms with Gasteiger partial charge in [-0.05, 0) is 60.7 Å². The van der Waals surface area contributed by atoms with Crippen LogP contribution in [0.1, 0.15) is 10.4 Å². The van der Waals surface area contributed by atoms with Gasteiger partial charge < -0.3 is 16.0 Å². The molecule has 0 saturated heterocycles. The van der Waals surface area contributed by atoms with Crippen LogP contribution in [0, 0.1) is 5.82 Å². The Morgan fingerprint density at radius 2 is 1.37 bits per heavy atom. The number of rotatable bonds is 4. The fraction of sp³-hybridized carbons (Fsp3) is 0. The van der Waals surface area contributed by atoms with Crippen LogP contribution in [-0.2, 0) is 0 Å². The molecule has 0 aliphatic rings. The van der Waals surface area contributed by atoms with E-state index < -0.39 is 6.03 Å². The summed E-state index contributed by atoms with van der Waals surface area (Å²) in [4.78, 5) is 24.4. The monoisotopic (exact) mass is 383 g/mol. The average Bonchev–Trinajstić information content (AvgIpc) is 2.63. The van der Waals surface area contributed by atoms with E-state index in [2.05, 4.69) is 16.0 Å². The van der Waals surface area contributed by atoms with Gasteiger partial charge in [0.15, 0.2) is 0 Å². The van der Waals surface area contributed by atoms with Crippen LogP contribution < -0.4 is 16.0 Å². The third kappa shape index (κ3) is 5.29. The zero-order chi connectivity index (χ0) is 19.2. The summed E-state index contributed by atoms with van der Waals surface area (Å²) in [5.41, 5.74) is 1.81. The molecule has 0 radical (unpaired) electrons. The lowest BCUT2D eigenvalue weighted by Crippen LogP contribution is -2.20. The van der Waals surface area contributed by atoms with Crippen molar-refractivity contribution in [2.45, 2.75) is 0 Å². The highest BCUT2D eigenvalue weighted by molar-refractivity contribution is 6.30. The second-order valence-electron chi connectivity index (χ2n) is 5.63. The molecule has 0 aliphatic carbocycles. The molecular weight excluding hydrogens is 369 g/mol. The van der Waals surface area contributed by atoms with Crippen molar-refractivity contribution in [3.63, 3.8) is 0 Å². The topological polar surface area (TPSA) is 70.2 Å². The van der Waals surface area contributed by atoms with Gasteiger partial charge in [-0.3, -0.25) is 4.79 Å². The van der Waals surface area contributed by atoms with Crippen molar-refractivity contribution in [3.05, 3.63) is 89.2 Å². The minimum atomic E-state index is -0.464. The molecule has 0 unspecified atom stereocenters. The van der Waals surface area contributed by atoms with Crippen LogP contribution >= 0.6 is 11.6 Å². The van der Waals surface area contributed by atoms with E-state index in [4.69, 9.17) is 11.6 Å². The first-order valence-electron chi connectivity index (χ1n) is 8.00. The van der Waals surface area contributed by atoms with Crippen LogP contribution in [0.3, 0.4) is 0 Å². The number of anilines is 3. The molecular formula is C20H15ClFN3O2. The average molecular weight is 384 g/mol. The predicted molar refractivity (Wildman–Crippen MR) is 105 cm³/mol. The number of nitrogens with one attached hydrogen (secondary N) is 3. The first-order chi connectivity index (χ1) is 13.0. The maximum atomic E-state index is 12.9. The Hall–Kier alpha value is -3.38. The first kappa shape index (κ1) is 18.4. The quantitative estimate of drug-likeness (QED) is 0.566. The summed E-state index contributed by atoms with van der Waals surface area (Å²) in [5, 5.41) is 8.48. The SMILES string of the molecule is O=C(Nc1cccc(Cl)c1)Nc1cccc(C(=O)Nc2ccc(F)cc2)c1. The number of hydrogen-bond acceptors (Lipinski definition) is 2. The van der Waals surface area contributed by atoms with E-state index in [9.17, 15) is 14.0 Å². The van der Waals surface area contributed by atoms with Crippen LogP contribution in [0.4, 0.5) is 26.2 Å². The van der Waals surface area contributed by atoms with Gasteiger partial charge in [0.05, 0.1) is 0 Å². The zero-order valence-corrected chi connectivity index (χ0v) is 14.8. The van der Waals surface area contributed by atoms with Gasteiger partial charge in [-0.1, -0.05) is 23.7 Å². The summed E-state index contributed by atoms with van der Waals surface area (Å²) in [5.74, 6) is -0.759. The summed E-state index contributed by atoms with van der Waals surface area (Å²) in [6, 6.07) is 18.2. The molecule has 3 aromatic carbocycles. The van der Waals surface area contributed by atoms with E-state index >= 15 is 0 Å². The van der Waals surface area contributed by atoms with Crippen LogP contribution in [0.25, 0.3) is 0 Å². The molecule has 0 fully saturated rings. The molecule has 0 aliphatic heterocycles. The molecule has 0 heterocycles. The van der Waals surface area contributed by atoms with Gasteiger partial charge in [-0.25, -0.2) is 9.18 Å². The van der Waals surface area contributed by atoms with Gasteiger partial charge in [0.2, 0.25) is 0 Å². The highest BCUT2D eigenvalue weighted by Crippen LogP contribution is 2.17. The summed E-state index contributed by atoms with van der Waals surface area (Å²) in [6.07, 6.45) is 0. The fourth-order valence-corrected chi connectivity index (χ4v) is 2.52. The molecule has 3 amide bonds. The molecule has 0 spiro atoms. The van der Waals surface area contributed by atoms with Gasteiger partial charge in [0.25, 0.3) is 5.91 Å². The Bertz CT molecular complexity index is 977. The fourth-order valence-electron chi connectivity index (χ4n) is 2.33. The van der Waals surface area contributed by atoms with Crippen LogP contribution in [0.5, 0.6) is 0 Å². The normalized spacial score (nSPS) is 10.1. The van der Waals surface area contributed by atoms with Gasteiger partial charge in [0, 0.05) is 27.6 Å². The Balaban J connectivity index is 1.65. The van der Waals surface area contributed by atoms with E-state index in [1.807, 2.05) is 0 Å². The number of carbonyl (C=O) groups is 2. The molecule has 0 saturated carbocycles. The standard InChI is InChI=1S/C20H15ClFN3O2/c21-14-4-2-6-18(12-14)25-20(27)24-17-5-1-3-13(11-17)19(26)23-16-9-7-15(22)8-10-16/h1-12H,(H,23,26)(H2,24,25,27). The van der Waals surface area contributed by atoms with Crippen molar-refractivity contribution in [2.24, 2.45) is 0 Å². The Kier molecular flexibility index (Phi) is 5.68. The number of benzene rings is 3. The Morgan fingerprint density at radius 1 is 0.741 bits per heavy atom. The third-order valence-corrected chi connectivity index (χ3v) is 3.80. The third-order valence-electron chi connectivity index (χ3n) is 3.57. The number of urea groups is 1. The van der Waals surface area contributed by atoms with Crippen molar-refractivity contribution < 1.29 is 14.0 Å². The van der Waals surface area contributed by atoms with E-state index in [0.29, 0.717) is 27.6 Å². The van der Waals surface area contributed by atoms with Crippen molar-refractivity contribution in [1.29, 1.82) is 0 Å². The zero-order valence-electron chi connectivity index (χ0n) is 14.0. The van der Waals surface area contributed by atoms with Gasteiger partial charge in [-0.15, -0.1) is 0 Å². The molecule has 136 valence electrons. The maximum absolute atomic E-state index is 12.9.